The van der Waals surface area contributed by atoms with E-state index in [2.05, 4.69) is 10.1 Å². The van der Waals surface area contributed by atoms with Gasteiger partial charge in [-0.3, -0.25) is 14.4 Å². The Hall–Kier alpha value is -1.59. The molecule has 0 saturated carbocycles. The Bertz CT molecular complexity index is 312. The fraction of sp³-hybridized carbons (Fsp3) is 0.750. The number of rotatable bonds is 7. The molecule has 1 amide bonds. The van der Waals surface area contributed by atoms with Gasteiger partial charge in [0, 0.05) is 6.54 Å². The summed E-state index contributed by atoms with van der Waals surface area (Å²) in [5.74, 6) is -1.43. The molecule has 0 unspecified atom stereocenters. The van der Waals surface area contributed by atoms with E-state index in [-0.39, 0.29) is 25.5 Å². The highest BCUT2D eigenvalue weighted by Gasteiger charge is 2.29. The molecule has 0 aromatic carbocycles. The van der Waals surface area contributed by atoms with Crippen LogP contribution in [0.1, 0.15) is 34.1 Å². The van der Waals surface area contributed by atoms with E-state index < -0.39 is 17.3 Å². The molecular formula is C12H21NO5. The summed E-state index contributed by atoms with van der Waals surface area (Å²) in [5, 5.41) is 2.51. The maximum atomic E-state index is 11.5. The first kappa shape index (κ1) is 16.4. The number of nitrogens with one attached hydrogen (secondary N) is 1. The predicted molar refractivity (Wildman–Crippen MR) is 64.7 cm³/mol. The summed E-state index contributed by atoms with van der Waals surface area (Å²) >= 11 is 0. The molecule has 0 aliphatic rings. The highest BCUT2D eigenvalue weighted by atomic mass is 16.5. The van der Waals surface area contributed by atoms with E-state index in [1.54, 1.807) is 27.7 Å². The fourth-order valence-electron chi connectivity index (χ4n) is 1.12. The molecular weight excluding hydrogens is 238 g/mol. The molecule has 0 saturated heterocycles. The van der Waals surface area contributed by atoms with Crippen LogP contribution in [0.15, 0.2) is 0 Å². The Balaban J connectivity index is 4.11. The Morgan fingerprint density at radius 1 is 1.06 bits per heavy atom. The van der Waals surface area contributed by atoms with Crippen LogP contribution in [0.25, 0.3) is 0 Å². The molecule has 0 aromatic rings. The van der Waals surface area contributed by atoms with E-state index in [1.807, 2.05) is 0 Å². The molecule has 0 fully saturated rings. The Morgan fingerprint density at radius 3 is 2.11 bits per heavy atom. The van der Waals surface area contributed by atoms with Crippen LogP contribution in [0.3, 0.4) is 0 Å². The zero-order valence-corrected chi connectivity index (χ0v) is 11.4. The van der Waals surface area contributed by atoms with Gasteiger partial charge in [0.05, 0.1) is 18.6 Å². The minimum Gasteiger partial charge on any atom is -0.466 e. The number of esters is 2. The molecule has 0 rings (SSSR count). The van der Waals surface area contributed by atoms with Crippen LogP contribution in [0.5, 0.6) is 0 Å². The van der Waals surface area contributed by atoms with Gasteiger partial charge < -0.3 is 14.8 Å². The lowest BCUT2D eigenvalue weighted by molar-refractivity contribution is -0.153. The third-order valence-electron chi connectivity index (χ3n) is 2.17. The lowest BCUT2D eigenvalue weighted by atomic mass is 9.93. The Kier molecular flexibility index (Phi) is 7.00. The van der Waals surface area contributed by atoms with Crippen LogP contribution < -0.4 is 5.32 Å². The van der Waals surface area contributed by atoms with Gasteiger partial charge >= 0.3 is 11.9 Å². The van der Waals surface area contributed by atoms with E-state index in [1.165, 1.54) is 0 Å². The van der Waals surface area contributed by atoms with Crippen LogP contribution in [-0.2, 0) is 23.9 Å². The summed E-state index contributed by atoms with van der Waals surface area (Å²) in [7, 11) is 0. The molecule has 0 heterocycles. The molecule has 1 N–H and O–H groups in total. The van der Waals surface area contributed by atoms with E-state index in [4.69, 9.17) is 4.74 Å². The molecule has 0 aliphatic heterocycles. The van der Waals surface area contributed by atoms with Crippen molar-refractivity contribution >= 4 is 17.8 Å². The standard InChI is InChI=1S/C12H21NO5/c1-5-17-10(15)7-9(14)13-8-12(3,4)11(16)18-6-2/h5-8H2,1-4H3,(H,13,14). The van der Waals surface area contributed by atoms with Gasteiger partial charge in [0.15, 0.2) is 0 Å². The van der Waals surface area contributed by atoms with Crippen molar-refractivity contribution in [3.8, 4) is 0 Å². The largest absolute Gasteiger partial charge is 0.466 e. The second kappa shape index (κ2) is 7.68. The number of hydrogen-bond acceptors (Lipinski definition) is 5. The average Bonchev–Trinajstić information content (AvgIpc) is 2.27. The fourth-order valence-corrected chi connectivity index (χ4v) is 1.12. The molecule has 6 heteroatoms. The van der Waals surface area contributed by atoms with Crippen LogP contribution in [0, 0.1) is 5.41 Å². The zero-order chi connectivity index (χ0) is 14.2. The van der Waals surface area contributed by atoms with Crippen LogP contribution >= 0.6 is 0 Å². The summed E-state index contributed by atoms with van der Waals surface area (Å²) in [6.45, 7) is 7.35. The number of hydrogen-bond donors (Lipinski definition) is 1. The number of amides is 1. The first-order valence-electron chi connectivity index (χ1n) is 5.93. The van der Waals surface area contributed by atoms with Gasteiger partial charge in [-0.2, -0.15) is 0 Å². The first-order chi connectivity index (χ1) is 8.33. The predicted octanol–water partition coefficient (Wildman–Crippen LogP) is 0.645. The molecule has 0 radical (unpaired) electrons. The summed E-state index contributed by atoms with van der Waals surface area (Å²) in [4.78, 5) is 34.0. The average molecular weight is 259 g/mol. The molecule has 18 heavy (non-hydrogen) atoms. The van der Waals surface area contributed by atoms with Gasteiger partial charge in [-0.1, -0.05) is 0 Å². The van der Waals surface area contributed by atoms with E-state index in [0.29, 0.717) is 6.61 Å². The number of carbonyl (C=O) groups is 3. The minimum atomic E-state index is -0.819. The van der Waals surface area contributed by atoms with Crippen molar-refractivity contribution < 1.29 is 23.9 Å². The molecule has 0 atom stereocenters. The van der Waals surface area contributed by atoms with Gasteiger partial charge in [0.25, 0.3) is 0 Å². The van der Waals surface area contributed by atoms with Crippen molar-refractivity contribution in [2.24, 2.45) is 5.41 Å². The first-order valence-corrected chi connectivity index (χ1v) is 5.93. The van der Waals surface area contributed by atoms with Crippen molar-refractivity contribution in [1.29, 1.82) is 0 Å². The summed E-state index contributed by atoms with van der Waals surface area (Å²) in [6, 6.07) is 0. The second-order valence-corrected chi connectivity index (χ2v) is 4.36. The minimum absolute atomic E-state index is 0.115. The summed E-state index contributed by atoms with van der Waals surface area (Å²) in [6.07, 6.45) is -0.341. The molecule has 0 spiro atoms. The third kappa shape index (κ3) is 6.22. The topological polar surface area (TPSA) is 81.7 Å². The maximum absolute atomic E-state index is 11.5. The highest BCUT2D eigenvalue weighted by molar-refractivity contribution is 5.94. The van der Waals surface area contributed by atoms with Crippen LogP contribution in [-0.4, -0.2) is 37.6 Å². The highest BCUT2D eigenvalue weighted by Crippen LogP contribution is 2.15. The summed E-state index contributed by atoms with van der Waals surface area (Å²) in [5.41, 5.74) is -0.819. The van der Waals surface area contributed by atoms with Crippen molar-refractivity contribution in [3.63, 3.8) is 0 Å². The smallest absolute Gasteiger partial charge is 0.315 e. The van der Waals surface area contributed by atoms with Gasteiger partial charge in [0.1, 0.15) is 6.42 Å². The quantitative estimate of drug-likeness (QED) is 0.536. The molecule has 0 bridgehead atoms. The van der Waals surface area contributed by atoms with Crippen LogP contribution in [0.4, 0.5) is 0 Å². The van der Waals surface area contributed by atoms with Crippen molar-refractivity contribution in [2.75, 3.05) is 19.8 Å². The number of ether oxygens (including phenoxy) is 2. The zero-order valence-electron chi connectivity index (χ0n) is 11.4. The van der Waals surface area contributed by atoms with E-state index >= 15 is 0 Å². The lowest BCUT2D eigenvalue weighted by Crippen LogP contribution is -2.40. The SMILES string of the molecule is CCOC(=O)CC(=O)NCC(C)(C)C(=O)OCC. The van der Waals surface area contributed by atoms with Gasteiger partial charge in [-0.05, 0) is 27.7 Å². The van der Waals surface area contributed by atoms with Crippen molar-refractivity contribution in [1.82, 2.24) is 5.32 Å². The molecule has 6 nitrogen and oxygen atoms in total. The maximum Gasteiger partial charge on any atom is 0.315 e. The van der Waals surface area contributed by atoms with Gasteiger partial charge in [-0.15, -0.1) is 0 Å². The Morgan fingerprint density at radius 2 is 1.61 bits per heavy atom. The third-order valence-corrected chi connectivity index (χ3v) is 2.17. The summed E-state index contributed by atoms with van der Waals surface area (Å²) < 4.78 is 9.52. The van der Waals surface area contributed by atoms with Gasteiger partial charge in [0.2, 0.25) is 5.91 Å². The monoisotopic (exact) mass is 259 g/mol. The van der Waals surface area contributed by atoms with Crippen molar-refractivity contribution in [3.05, 3.63) is 0 Å². The molecule has 0 aromatic heterocycles. The van der Waals surface area contributed by atoms with Crippen LogP contribution in [0.2, 0.25) is 0 Å². The number of carbonyl (C=O) groups excluding carboxylic acids is 3. The van der Waals surface area contributed by atoms with Gasteiger partial charge in [-0.25, -0.2) is 0 Å². The Labute approximate surface area is 107 Å². The van der Waals surface area contributed by atoms with E-state index in [0.717, 1.165) is 0 Å². The second-order valence-electron chi connectivity index (χ2n) is 4.36. The molecule has 0 aliphatic carbocycles. The van der Waals surface area contributed by atoms with E-state index in [9.17, 15) is 14.4 Å². The molecule has 104 valence electrons. The normalized spacial score (nSPS) is 10.7. The lowest BCUT2D eigenvalue weighted by Gasteiger charge is -2.22. The van der Waals surface area contributed by atoms with Crippen molar-refractivity contribution in [2.45, 2.75) is 34.1 Å².